The summed E-state index contributed by atoms with van der Waals surface area (Å²) in [7, 11) is 3.42. The van der Waals surface area contributed by atoms with E-state index in [0.29, 0.717) is 12.2 Å². The molecule has 0 atom stereocenters. The van der Waals surface area contributed by atoms with Crippen LogP contribution in [0, 0.1) is 0 Å². The van der Waals surface area contributed by atoms with Crippen LogP contribution in [0.15, 0.2) is 30.3 Å². The van der Waals surface area contributed by atoms with E-state index in [-0.39, 0.29) is 29.8 Å². The van der Waals surface area contributed by atoms with Gasteiger partial charge >= 0.3 is 0 Å². The number of piperazine rings is 1. The van der Waals surface area contributed by atoms with Crippen molar-refractivity contribution in [3.05, 3.63) is 41.7 Å². The molecule has 2 amide bonds. The van der Waals surface area contributed by atoms with Crippen LogP contribution < -0.4 is 9.64 Å². The van der Waals surface area contributed by atoms with Crippen LogP contribution in [0.25, 0.3) is 0 Å². The van der Waals surface area contributed by atoms with E-state index in [1.807, 2.05) is 35.2 Å². The van der Waals surface area contributed by atoms with Gasteiger partial charge in [-0.15, -0.1) is 0 Å². The third kappa shape index (κ3) is 3.46. The fraction of sp³-hybridized carbons (Fsp3) is 0.522. The van der Waals surface area contributed by atoms with Crippen molar-refractivity contribution in [2.45, 2.75) is 51.0 Å². The number of anilines is 1. The van der Waals surface area contributed by atoms with Crippen molar-refractivity contribution in [1.82, 2.24) is 14.7 Å². The molecule has 7 heteroatoms. The Bertz CT molecular complexity index is 942. The Hall–Kier alpha value is -2.83. The van der Waals surface area contributed by atoms with E-state index >= 15 is 0 Å². The van der Waals surface area contributed by atoms with Crippen LogP contribution in [-0.2, 0) is 11.8 Å². The lowest BCUT2D eigenvalue weighted by atomic mass is 9.90. The molecule has 0 bridgehead atoms. The fourth-order valence-electron chi connectivity index (χ4n) is 4.82. The lowest BCUT2D eigenvalue weighted by molar-refractivity contribution is -0.123. The highest BCUT2D eigenvalue weighted by Crippen LogP contribution is 2.41. The predicted molar refractivity (Wildman–Crippen MR) is 115 cm³/mol. The minimum atomic E-state index is -0.348. The molecule has 1 aliphatic carbocycles. The topological polar surface area (TPSA) is 67.7 Å². The van der Waals surface area contributed by atoms with Gasteiger partial charge in [0, 0.05) is 19.3 Å². The van der Waals surface area contributed by atoms with E-state index in [2.05, 4.69) is 18.9 Å². The summed E-state index contributed by atoms with van der Waals surface area (Å²) in [4.78, 5) is 30.3. The van der Waals surface area contributed by atoms with Crippen molar-refractivity contribution in [3.8, 4) is 5.75 Å². The van der Waals surface area contributed by atoms with Crippen LogP contribution in [-0.4, -0.2) is 52.2 Å². The number of carbonyl (C=O) groups excluding carboxylic acids is 2. The van der Waals surface area contributed by atoms with Crippen LogP contribution in [0.1, 0.15) is 61.6 Å². The van der Waals surface area contributed by atoms with Crippen molar-refractivity contribution in [3.63, 3.8) is 0 Å². The Morgan fingerprint density at radius 1 is 1.17 bits per heavy atom. The van der Waals surface area contributed by atoms with Gasteiger partial charge < -0.3 is 14.5 Å². The number of aryl methyl sites for hydroxylation is 1. The van der Waals surface area contributed by atoms with Crippen LogP contribution in [0.5, 0.6) is 5.75 Å². The van der Waals surface area contributed by atoms with E-state index in [1.54, 1.807) is 23.7 Å². The van der Waals surface area contributed by atoms with Gasteiger partial charge in [-0.2, -0.15) is 5.10 Å². The predicted octanol–water partition coefficient (Wildman–Crippen LogP) is 3.35. The van der Waals surface area contributed by atoms with Crippen molar-refractivity contribution < 1.29 is 14.3 Å². The highest BCUT2D eigenvalue weighted by molar-refractivity contribution is 6.02. The first-order chi connectivity index (χ1) is 14.3. The molecule has 2 fully saturated rings. The number of carbonyl (C=O) groups is 2. The second kappa shape index (κ2) is 7.78. The number of hydrogen-bond donors (Lipinski definition) is 0. The van der Waals surface area contributed by atoms with Crippen molar-refractivity contribution in [2.24, 2.45) is 7.05 Å². The molecule has 1 saturated heterocycles. The van der Waals surface area contributed by atoms with E-state index in [0.717, 1.165) is 42.8 Å². The Balaban J connectivity index is 1.64. The highest BCUT2D eigenvalue weighted by atomic mass is 16.5. The lowest BCUT2D eigenvalue weighted by Gasteiger charge is -2.48. The molecule has 1 aromatic heterocycles. The van der Waals surface area contributed by atoms with Crippen LogP contribution in [0.2, 0.25) is 0 Å². The van der Waals surface area contributed by atoms with E-state index in [4.69, 9.17) is 4.74 Å². The molecule has 2 aromatic rings. The molecule has 2 heterocycles. The first kappa shape index (κ1) is 20.4. The van der Waals surface area contributed by atoms with Gasteiger partial charge in [0.15, 0.2) is 0 Å². The molecule has 0 unspecified atom stereocenters. The number of rotatable bonds is 4. The maximum Gasteiger partial charge on any atom is 0.272 e. The summed E-state index contributed by atoms with van der Waals surface area (Å²) in [5, 5.41) is 4.47. The molecule has 160 valence electrons. The number of methoxy groups -OCH3 is 1. The maximum absolute atomic E-state index is 13.3. The van der Waals surface area contributed by atoms with Gasteiger partial charge in [0.05, 0.1) is 18.3 Å². The zero-order valence-electron chi connectivity index (χ0n) is 18.2. The Morgan fingerprint density at radius 3 is 2.40 bits per heavy atom. The molecule has 1 aliphatic heterocycles. The summed E-state index contributed by atoms with van der Waals surface area (Å²) < 4.78 is 6.90. The molecule has 1 aromatic carbocycles. The maximum atomic E-state index is 13.3. The average molecular weight is 411 g/mol. The number of benzene rings is 1. The molecule has 4 rings (SSSR count). The second-order valence-electron chi connectivity index (χ2n) is 8.75. The molecule has 0 N–H and O–H groups in total. The molecule has 1 saturated carbocycles. The summed E-state index contributed by atoms with van der Waals surface area (Å²) >= 11 is 0. The van der Waals surface area contributed by atoms with E-state index in [9.17, 15) is 9.59 Å². The zero-order valence-corrected chi connectivity index (χ0v) is 18.2. The van der Waals surface area contributed by atoms with Crippen LogP contribution >= 0.6 is 0 Å². The largest absolute Gasteiger partial charge is 0.497 e. The molecular formula is C23H30N4O3. The SMILES string of the molecule is COc1ccc(N2C(=O)CN(C(=O)c3cc(C(C)C)nn3C)CC23CCCC3)cc1. The Labute approximate surface area is 177 Å². The quantitative estimate of drug-likeness (QED) is 0.775. The monoisotopic (exact) mass is 410 g/mol. The standard InChI is InChI=1S/C23H30N4O3/c1-16(2)19-13-20(25(3)24-19)22(29)26-14-21(28)27(23(15-26)11-5-6-12-23)17-7-9-18(30-4)10-8-17/h7-10,13,16H,5-6,11-12,14-15H2,1-4H3. The van der Waals surface area contributed by atoms with Crippen molar-refractivity contribution in [1.29, 1.82) is 0 Å². The van der Waals surface area contributed by atoms with Crippen LogP contribution in [0.4, 0.5) is 5.69 Å². The smallest absolute Gasteiger partial charge is 0.272 e. The number of aromatic nitrogens is 2. The normalized spacial score (nSPS) is 18.5. The first-order valence-corrected chi connectivity index (χ1v) is 10.6. The fourth-order valence-corrected chi connectivity index (χ4v) is 4.82. The number of ether oxygens (including phenoxy) is 1. The van der Waals surface area contributed by atoms with Gasteiger partial charge in [-0.05, 0) is 49.1 Å². The van der Waals surface area contributed by atoms with Crippen LogP contribution in [0.3, 0.4) is 0 Å². The average Bonchev–Trinajstić information content (AvgIpc) is 3.34. The third-order valence-corrected chi connectivity index (χ3v) is 6.40. The summed E-state index contributed by atoms with van der Waals surface area (Å²) in [5.74, 6) is 0.851. The third-order valence-electron chi connectivity index (χ3n) is 6.40. The number of nitrogens with zero attached hydrogens (tertiary/aromatic N) is 4. The first-order valence-electron chi connectivity index (χ1n) is 10.6. The minimum Gasteiger partial charge on any atom is -0.497 e. The highest BCUT2D eigenvalue weighted by Gasteiger charge is 2.49. The molecular weight excluding hydrogens is 380 g/mol. The summed E-state index contributed by atoms with van der Waals surface area (Å²) in [6, 6.07) is 9.49. The minimum absolute atomic E-state index is 0.0343. The summed E-state index contributed by atoms with van der Waals surface area (Å²) in [6.45, 7) is 4.74. The van der Waals surface area contributed by atoms with E-state index in [1.165, 1.54) is 0 Å². The van der Waals surface area contributed by atoms with Crippen molar-refractivity contribution >= 4 is 17.5 Å². The Kier molecular flexibility index (Phi) is 5.30. The molecule has 2 aliphatic rings. The van der Waals surface area contributed by atoms with Gasteiger partial charge in [0.1, 0.15) is 18.0 Å². The van der Waals surface area contributed by atoms with Gasteiger partial charge in [0.2, 0.25) is 5.91 Å². The van der Waals surface area contributed by atoms with E-state index < -0.39 is 0 Å². The zero-order chi connectivity index (χ0) is 21.5. The molecule has 1 spiro atoms. The van der Waals surface area contributed by atoms with Crippen molar-refractivity contribution in [2.75, 3.05) is 25.1 Å². The van der Waals surface area contributed by atoms with Gasteiger partial charge in [-0.3, -0.25) is 14.3 Å². The molecule has 0 radical (unpaired) electrons. The number of hydrogen-bond acceptors (Lipinski definition) is 4. The number of amides is 2. The lowest BCUT2D eigenvalue weighted by Crippen LogP contribution is -2.65. The van der Waals surface area contributed by atoms with Gasteiger partial charge in [0.25, 0.3) is 5.91 Å². The Morgan fingerprint density at radius 2 is 1.83 bits per heavy atom. The summed E-state index contributed by atoms with van der Waals surface area (Å²) in [5.41, 5.74) is 1.95. The molecule has 7 nitrogen and oxygen atoms in total. The molecule has 30 heavy (non-hydrogen) atoms. The second-order valence-corrected chi connectivity index (χ2v) is 8.75. The van der Waals surface area contributed by atoms with Gasteiger partial charge in [-0.25, -0.2) is 0 Å². The van der Waals surface area contributed by atoms with Gasteiger partial charge in [-0.1, -0.05) is 26.7 Å². The summed E-state index contributed by atoms with van der Waals surface area (Å²) in [6.07, 6.45) is 3.92.